The van der Waals surface area contributed by atoms with Crippen molar-refractivity contribution in [2.75, 3.05) is 27.7 Å². The highest BCUT2D eigenvalue weighted by atomic mass is 32.9. The number of esters is 2. The number of rotatable bonds is 7. The van der Waals surface area contributed by atoms with Crippen molar-refractivity contribution in [1.29, 1.82) is 0 Å². The zero-order valence-electron chi connectivity index (χ0n) is 9.74. The molecule has 0 heterocycles. The molecule has 2 atom stereocenters. The number of carbonyl (C=O) groups excluding carboxylic acids is 2. The third-order valence-corrected chi connectivity index (χ3v) is 7.71. The number of carbonyl (C=O) groups is 2. The number of hydrogen-bond acceptors (Lipinski definition) is 8. The van der Waals surface area contributed by atoms with Gasteiger partial charge in [-0.25, -0.2) is 0 Å². The maximum Gasteiger partial charge on any atom is 0.319 e. The van der Waals surface area contributed by atoms with E-state index < -0.39 is 22.7 Å². The smallest absolute Gasteiger partial charge is 0.319 e. The fourth-order valence-corrected chi connectivity index (χ4v) is 4.94. The zero-order chi connectivity index (χ0) is 13.5. The Morgan fingerprint density at radius 3 is 2.29 bits per heavy atom. The van der Waals surface area contributed by atoms with Crippen LogP contribution in [0.25, 0.3) is 0 Å². The van der Waals surface area contributed by atoms with E-state index in [4.69, 9.17) is 21.4 Å². The molecule has 0 amide bonds. The van der Waals surface area contributed by atoms with Gasteiger partial charge in [-0.3, -0.25) is 9.59 Å². The van der Waals surface area contributed by atoms with Crippen LogP contribution >= 0.6 is 16.8 Å². The summed E-state index contributed by atoms with van der Waals surface area (Å²) in [4.78, 5) is 22.6. The summed E-state index contributed by atoms with van der Waals surface area (Å²) in [5.41, 5.74) is -2.57. The van der Waals surface area contributed by atoms with E-state index in [9.17, 15) is 9.59 Å². The van der Waals surface area contributed by atoms with E-state index in [0.29, 0.717) is 0 Å². The van der Waals surface area contributed by atoms with Crippen LogP contribution in [0.4, 0.5) is 0 Å². The highest BCUT2D eigenvalue weighted by molar-refractivity contribution is 8.69. The number of aliphatic hydroxyl groups is 1. The SMILES string of the molecule is COC(=O)CC(SP(=S)(CO)OC)C(=O)OC. The Bertz CT molecular complexity index is 313. The Morgan fingerprint density at radius 1 is 1.35 bits per heavy atom. The molecule has 0 aliphatic rings. The number of methoxy groups -OCH3 is 2. The lowest BCUT2D eigenvalue weighted by atomic mass is 10.3. The van der Waals surface area contributed by atoms with Gasteiger partial charge in [0.1, 0.15) is 17.1 Å². The van der Waals surface area contributed by atoms with Gasteiger partial charge in [0.25, 0.3) is 0 Å². The van der Waals surface area contributed by atoms with Crippen LogP contribution in [0.2, 0.25) is 0 Å². The molecule has 0 bridgehead atoms. The van der Waals surface area contributed by atoms with E-state index in [1.165, 1.54) is 21.3 Å². The van der Waals surface area contributed by atoms with E-state index >= 15 is 0 Å². The molecule has 0 saturated carbocycles. The van der Waals surface area contributed by atoms with Crippen LogP contribution in [0.1, 0.15) is 6.42 Å². The summed E-state index contributed by atoms with van der Waals surface area (Å²) >= 11 is 6.03. The molecule has 0 aromatic carbocycles. The molecule has 0 aromatic heterocycles. The van der Waals surface area contributed by atoms with Gasteiger partial charge in [-0.05, 0) is 0 Å². The number of ether oxygens (including phenoxy) is 2. The van der Waals surface area contributed by atoms with Gasteiger partial charge in [-0.1, -0.05) is 23.2 Å². The predicted octanol–water partition coefficient (Wildman–Crippen LogP) is 0.730. The van der Waals surface area contributed by atoms with Gasteiger partial charge in [-0.15, -0.1) is 0 Å². The fraction of sp³-hybridized carbons (Fsp3) is 0.750. The van der Waals surface area contributed by atoms with Crippen molar-refractivity contribution < 1.29 is 28.7 Å². The molecular weight excluding hydrogens is 287 g/mol. The van der Waals surface area contributed by atoms with Crippen LogP contribution in [-0.2, 0) is 35.4 Å². The van der Waals surface area contributed by atoms with Gasteiger partial charge >= 0.3 is 11.9 Å². The Labute approximate surface area is 109 Å². The maximum absolute atomic E-state index is 11.5. The third-order valence-electron chi connectivity index (χ3n) is 1.78. The van der Waals surface area contributed by atoms with Gasteiger partial charge < -0.3 is 19.1 Å². The molecule has 0 rings (SSSR count). The maximum atomic E-state index is 11.5. The van der Waals surface area contributed by atoms with Gasteiger partial charge in [0.15, 0.2) is 0 Å². The monoisotopic (exact) mass is 302 g/mol. The molecule has 0 aliphatic carbocycles. The molecule has 0 aromatic rings. The standard InChI is InChI=1S/C8H15O6PS2/c1-12-7(10)4-6(8(11)13-2)17-15(16,5-9)14-3/h6,9H,4-5H2,1-3H3. The summed E-state index contributed by atoms with van der Waals surface area (Å²) < 4.78 is 14.0. The minimum atomic E-state index is -2.57. The van der Waals surface area contributed by atoms with E-state index in [1.807, 2.05) is 0 Å². The zero-order valence-corrected chi connectivity index (χ0v) is 12.3. The quantitative estimate of drug-likeness (QED) is 0.544. The molecule has 0 fully saturated rings. The van der Waals surface area contributed by atoms with Crippen molar-refractivity contribution in [2.24, 2.45) is 0 Å². The molecular formula is C8H15O6PS2. The first kappa shape index (κ1) is 16.9. The van der Waals surface area contributed by atoms with Crippen LogP contribution in [0, 0.1) is 0 Å². The van der Waals surface area contributed by atoms with Crippen LogP contribution in [0.5, 0.6) is 0 Å². The Kier molecular flexibility index (Phi) is 7.98. The summed E-state index contributed by atoms with van der Waals surface area (Å²) in [7, 11) is 3.79. The second-order valence-corrected chi connectivity index (χ2v) is 10.3. The van der Waals surface area contributed by atoms with Crippen LogP contribution in [-0.4, -0.2) is 50.0 Å². The molecule has 0 spiro atoms. The lowest BCUT2D eigenvalue weighted by molar-refractivity contribution is -0.146. The normalized spacial score (nSPS) is 15.8. The highest BCUT2D eigenvalue weighted by Gasteiger charge is 2.30. The van der Waals surface area contributed by atoms with Crippen molar-refractivity contribution in [3.63, 3.8) is 0 Å². The summed E-state index contributed by atoms with van der Waals surface area (Å²) in [6.07, 6.45) is -0.534. The minimum Gasteiger partial charge on any atom is -0.469 e. The first-order valence-electron chi connectivity index (χ1n) is 4.51. The first-order chi connectivity index (χ1) is 7.92. The average molecular weight is 302 g/mol. The Morgan fingerprint density at radius 2 is 1.94 bits per heavy atom. The van der Waals surface area contributed by atoms with E-state index in [0.717, 1.165) is 11.4 Å². The van der Waals surface area contributed by atoms with Crippen molar-refractivity contribution in [1.82, 2.24) is 0 Å². The summed E-state index contributed by atoms with van der Waals surface area (Å²) in [5, 5.41) is 8.28. The van der Waals surface area contributed by atoms with E-state index in [2.05, 4.69) is 9.47 Å². The molecule has 100 valence electrons. The Hall–Kier alpha value is -0.140. The van der Waals surface area contributed by atoms with Crippen molar-refractivity contribution in [2.45, 2.75) is 11.7 Å². The lowest BCUT2D eigenvalue weighted by Crippen LogP contribution is -2.23. The molecule has 17 heavy (non-hydrogen) atoms. The summed E-state index contributed by atoms with van der Waals surface area (Å²) in [6.45, 7) is 0. The third kappa shape index (κ3) is 5.83. The number of hydrogen-bond donors (Lipinski definition) is 1. The van der Waals surface area contributed by atoms with Crippen molar-refractivity contribution in [3.8, 4) is 0 Å². The molecule has 0 saturated heterocycles. The van der Waals surface area contributed by atoms with Crippen LogP contribution in [0.3, 0.4) is 0 Å². The molecule has 2 unspecified atom stereocenters. The van der Waals surface area contributed by atoms with Gasteiger partial charge in [-0.2, -0.15) is 0 Å². The second-order valence-electron chi connectivity index (χ2n) is 2.83. The molecule has 1 N–H and O–H groups in total. The van der Waals surface area contributed by atoms with E-state index in [1.54, 1.807) is 0 Å². The first-order valence-corrected chi connectivity index (χ1v) is 8.90. The summed E-state index contributed by atoms with van der Waals surface area (Å²) in [5.74, 6) is -1.15. The molecule has 0 radical (unpaired) electrons. The average Bonchev–Trinajstić information content (AvgIpc) is 2.36. The lowest BCUT2D eigenvalue weighted by Gasteiger charge is -2.21. The fourth-order valence-electron chi connectivity index (χ4n) is 0.858. The molecule has 9 heteroatoms. The van der Waals surface area contributed by atoms with Crippen LogP contribution < -0.4 is 0 Å². The second kappa shape index (κ2) is 8.05. The van der Waals surface area contributed by atoms with Crippen molar-refractivity contribution >= 4 is 40.6 Å². The summed E-state index contributed by atoms with van der Waals surface area (Å²) in [6, 6.07) is 0. The van der Waals surface area contributed by atoms with Gasteiger partial charge in [0, 0.05) is 7.11 Å². The van der Waals surface area contributed by atoms with Gasteiger partial charge in [0.05, 0.1) is 20.6 Å². The largest absolute Gasteiger partial charge is 0.469 e. The molecule has 0 aliphatic heterocycles. The minimum absolute atomic E-state index is 0.171. The predicted molar refractivity (Wildman–Crippen MR) is 68.4 cm³/mol. The topological polar surface area (TPSA) is 82.1 Å². The van der Waals surface area contributed by atoms with Crippen LogP contribution in [0.15, 0.2) is 0 Å². The number of aliphatic hydroxyl groups excluding tert-OH is 1. The van der Waals surface area contributed by atoms with Crippen molar-refractivity contribution in [3.05, 3.63) is 0 Å². The highest BCUT2D eigenvalue weighted by Crippen LogP contribution is 2.60. The van der Waals surface area contributed by atoms with Gasteiger partial charge in [0.2, 0.25) is 0 Å². The Balaban J connectivity index is 4.76. The van der Waals surface area contributed by atoms with E-state index in [-0.39, 0.29) is 12.8 Å². The molecule has 6 nitrogen and oxygen atoms in total.